The zero-order valence-corrected chi connectivity index (χ0v) is 16.4. The highest BCUT2D eigenvalue weighted by atomic mass is 35.5. The molecule has 1 aliphatic rings. The predicted octanol–water partition coefficient (Wildman–Crippen LogP) is 6.03. The molecule has 0 spiro atoms. The molecule has 0 fully saturated rings. The summed E-state index contributed by atoms with van der Waals surface area (Å²) in [5.41, 5.74) is 2.68. The van der Waals surface area contributed by atoms with Gasteiger partial charge in [-0.3, -0.25) is 4.79 Å². The van der Waals surface area contributed by atoms with Crippen LogP contribution in [0.5, 0.6) is 5.75 Å². The van der Waals surface area contributed by atoms with E-state index in [1.807, 2.05) is 25.1 Å². The molecule has 0 radical (unpaired) electrons. The topological polar surface area (TPSA) is 29.5 Å². The summed E-state index contributed by atoms with van der Waals surface area (Å²) in [6, 6.07) is 9.31. The number of ketones is 1. The van der Waals surface area contributed by atoms with Crippen LogP contribution in [0.1, 0.15) is 13.8 Å². The van der Waals surface area contributed by atoms with Gasteiger partial charge in [-0.2, -0.15) is 0 Å². The first-order valence-electron chi connectivity index (χ1n) is 7.80. The van der Waals surface area contributed by atoms with E-state index in [1.54, 1.807) is 44.0 Å². The number of allylic oxidation sites excluding steroid dienone is 1. The summed E-state index contributed by atoms with van der Waals surface area (Å²) < 4.78 is 5.61. The van der Waals surface area contributed by atoms with Crippen LogP contribution in [0.3, 0.4) is 0 Å². The summed E-state index contributed by atoms with van der Waals surface area (Å²) in [6.45, 7) is 4.32. The Morgan fingerprint density at radius 2 is 2.04 bits per heavy atom. The van der Waals surface area contributed by atoms with Crippen molar-refractivity contribution in [3.8, 4) is 16.9 Å². The number of hydrogen-bond donors (Lipinski definition) is 0. The molecule has 1 heterocycles. The van der Waals surface area contributed by atoms with Crippen molar-refractivity contribution in [3.05, 3.63) is 51.5 Å². The van der Waals surface area contributed by atoms with Crippen LogP contribution >= 0.6 is 35.0 Å². The standard InChI is InChI=1S/C19H17Cl2NO2S/c1-4-22-17(9-11(2)23)25-16-8-7-15(24-3)18(19(16)22)13-10-12(20)5-6-14(13)21/h5-10H,4H2,1-3H3/b17-9-. The third-order valence-electron chi connectivity index (χ3n) is 3.91. The Hall–Kier alpha value is -1.62. The van der Waals surface area contributed by atoms with Crippen LogP contribution in [0.4, 0.5) is 5.69 Å². The van der Waals surface area contributed by atoms with Gasteiger partial charge < -0.3 is 9.64 Å². The molecular weight excluding hydrogens is 377 g/mol. The van der Waals surface area contributed by atoms with Crippen molar-refractivity contribution in [1.29, 1.82) is 0 Å². The molecule has 3 rings (SSSR count). The van der Waals surface area contributed by atoms with Gasteiger partial charge in [0.05, 0.1) is 23.4 Å². The van der Waals surface area contributed by atoms with E-state index >= 15 is 0 Å². The quantitative estimate of drug-likeness (QED) is 0.592. The molecule has 0 saturated carbocycles. The maximum Gasteiger partial charge on any atom is 0.155 e. The number of carbonyl (C=O) groups is 1. The highest BCUT2D eigenvalue weighted by Gasteiger charge is 2.30. The van der Waals surface area contributed by atoms with Gasteiger partial charge in [0.15, 0.2) is 5.78 Å². The molecule has 0 aliphatic carbocycles. The number of halogens is 2. The van der Waals surface area contributed by atoms with E-state index in [9.17, 15) is 4.79 Å². The molecule has 2 aromatic rings. The van der Waals surface area contributed by atoms with Crippen LogP contribution in [0, 0.1) is 0 Å². The molecule has 0 saturated heterocycles. The van der Waals surface area contributed by atoms with Crippen LogP contribution in [0.15, 0.2) is 46.3 Å². The Morgan fingerprint density at radius 3 is 2.68 bits per heavy atom. The van der Waals surface area contributed by atoms with Gasteiger partial charge in [0.2, 0.25) is 0 Å². The van der Waals surface area contributed by atoms with Crippen LogP contribution < -0.4 is 9.64 Å². The van der Waals surface area contributed by atoms with Crippen molar-refractivity contribution in [2.24, 2.45) is 0 Å². The first kappa shape index (κ1) is 18.2. The fraction of sp³-hybridized carbons (Fsp3) is 0.211. The third-order valence-corrected chi connectivity index (χ3v) is 5.58. The van der Waals surface area contributed by atoms with E-state index in [1.165, 1.54) is 0 Å². The Labute approximate surface area is 161 Å². The molecular formula is C19H17Cl2NO2S. The first-order valence-corrected chi connectivity index (χ1v) is 9.37. The van der Waals surface area contributed by atoms with E-state index in [-0.39, 0.29) is 5.78 Å². The highest BCUT2D eigenvalue weighted by Crippen LogP contribution is 2.54. The highest BCUT2D eigenvalue weighted by molar-refractivity contribution is 8.03. The molecule has 0 aromatic heterocycles. The van der Waals surface area contributed by atoms with Crippen molar-refractivity contribution in [3.63, 3.8) is 0 Å². The molecule has 25 heavy (non-hydrogen) atoms. The average Bonchev–Trinajstić information content (AvgIpc) is 2.92. The number of anilines is 1. The molecule has 0 unspecified atom stereocenters. The lowest BCUT2D eigenvalue weighted by Gasteiger charge is -2.23. The van der Waals surface area contributed by atoms with Crippen LogP contribution in [-0.4, -0.2) is 19.4 Å². The van der Waals surface area contributed by atoms with Crippen molar-refractivity contribution < 1.29 is 9.53 Å². The molecule has 6 heteroatoms. The zero-order valence-electron chi connectivity index (χ0n) is 14.1. The Kier molecular flexibility index (Phi) is 5.32. The van der Waals surface area contributed by atoms with Crippen molar-refractivity contribution in [2.75, 3.05) is 18.6 Å². The first-order chi connectivity index (χ1) is 12.0. The summed E-state index contributed by atoms with van der Waals surface area (Å²) in [6.07, 6.45) is 1.66. The second-order valence-corrected chi connectivity index (χ2v) is 7.46. The lowest BCUT2D eigenvalue weighted by Crippen LogP contribution is -2.18. The molecule has 0 N–H and O–H groups in total. The number of nitrogens with zero attached hydrogens (tertiary/aromatic N) is 1. The smallest absolute Gasteiger partial charge is 0.155 e. The Bertz CT molecular complexity index is 880. The number of rotatable bonds is 4. The molecule has 0 bridgehead atoms. The van der Waals surface area contributed by atoms with Gasteiger partial charge in [-0.25, -0.2) is 0 Å². The minimum absolute atomic E-state index is 0.0167. The third kappa shape index (κ3) is 3.39. The Balaban J connectivity index is 2.30. The molecule has 1 aliphatic heterocycles. The SMILES string of the molecule is CCN1/C(=C/C(C)=O)Sc2ccc(OC)c(-c3cc(Cl)ccc3Cl)c21. The number of fused-ring (bicyclic) bond motifs is 1. The monoisotopic (exact) mass is 393 g/mol. The predicted molar refractivity (Wildman–Crippen MR) is 106 cm³/mol. The van der Waals surface area contributed by atoms with Gasteiger partial charge in [0, 0.05) is 33.1 Å². The minimum Gasteiger partial charge on any atom is -0.496 e. The average molecular weight is 394 g/mol. The molecule has 0 amide bonds. The van der Waals surface area contributed by atoms with E-state index < -0.39 is 0 Å². The summed E-state index contributed by atoms with van der Waals surface area (Å²) in [4.78, 5) is 14.8. The summed E-state index contributed by atoms with van der Waals surface area (Å²) in [7, 11) is 1.63. The second-order valence-electron chi connectivity index (χ2n) is 5.55. The number of carbonyl (C=O) groups excluding carboxylic acids is 1. The van der Waals surface area contributed by atoms with E-state index in [0.29, 0.717) is 15.8 Å². The van der Waals surface area contributed by atoms with Gasteiger partial charge in [-0.05, 0) is 44.2 Å². The maximum atomic E-state index is 11.6. The molecule has 130 valence electrons. The van der Waals surface area contributed by atoms with Gasteiger partial charge in [-0.15, -0.1) is 0 Å². The fourth-order valence-electron chi connectivity index (χ4n) is 2.90. The molecule has 2 aromatic carbocycles. The van der Waals surface area contributed by atoms with Crippen LogP contribution in [0.25, 0.3) is 11.1 Å². The minimum atomic E-state index is 0.0167. The number of ether oxygens (including phenoxy) is 1. The van der Waals surface area contributed by atoms with E-state index in [0.717, 1.165) is 33.3 Å². The van der Waals surface area contributed by atoms with Crippen molar-refractivity contribution in [1.82, 2.24) is 0 Å². The van der Waals surface area contributed by atoms with E-state index in [2.05, 4.69) is 4.90 Å². The zero-order chi connectivity index (χ0) is 18.1. The normalized spacial score (nSPS) is 14.8. The lowest BCUT2D eigenvalue weighted by atomic mass is 10.0. The summed E-state index contributed by atoms with van der Waals surface area (Å²) in [5.74, 6) is 0.731. The molecule has 3 nitrogen and oxygen atoms in total. The number of thioether (sulfide) groups is 1. The number of benzene rings is 2. The van der Waals surface area contributed by atoms with Crippen molar-refractivity contribution in [2.45, 2.75) is 18.7 Å². The summed E-state index contributed by atoms with van der Waals surface area (Å²) in [5, 5.41) is 2.10. The van der Waals surface area contributed by atoms with E-state index in [4.69, 9.17) is 27.9 Å². The van der Waals surface area contributed by atoms with Crippen LogP contribution in [0.2, 0.25) is 10.0 Å². The van der Waals surface area contributed by atoms with Gasteiger partial charge in [0.25, 0.3) is 0 Å². The second kappa shape index (κ2) is 7.32. The fourth-order valence-corrected chi connectivity index (χ4v) is 4.51. The Morgan fingerprint density at radius 1 is 1.28 bits per heavy atom. The van der Waals surface area contributed by atoms with Crippen molar-refractivity contribution >= 4 is 46.4 Å². The molecule has 0 atom stereocenters. The number of hydrogen-bond acceptors (Lipinski definition) is 4. The largest absolute Gasteiger partial charge is 0.496 e. The lowest BCUT2D eigenvalue weighted by molar-refractivity contribution is -0.112. The van der Waals surface area contributed by atoms with Gasteiger partial charge in [-0.1, -0.05) is 35.0 Å². The van der Waals surface area contributed by atoms with Gasteiger partial charge >= 0.3 is 0 Å². The summed E-state index contributed by atoms with van der Waals surface area (Å²) >= 11 is 14.2. The van der Waals surface area contributed by atoms with Crippen LogP contribution in [-0.2, 0) is 4.79 Å². The van der Waals surface area contributed by atoms with Gasteiger partial charge in [0.1, 0.15) is 5.75 Å². The maximum absolute atomic E-state index is 11.6. The number of methoxy groups -OCH3 is 1.